The molecule has 4 atom stereocenters. The minimum absolute atomic E-state index is 0.150. The van der Waals surface area contributed by atoms with Crippen LogP contribution in [0.4, 0.5) is 5.69 Å². The number of hydrogen-bond acceptors (Lipinski definition) is 4. The fraction of sp³-hybridized carbons (Fsp3) is 0.650. The lowest BCUT2D eigenvalue weighted by Gasteiger charge is -2.36. The van der Waals surface area contributed by atoms with Crippen LogP contribution in [0.1, 0.15) is 45.6 Å². The molecule has 0 saturated heterocycles. The van der Waals surface area contributed by atoms with Crippen molar-refractivity contribution < 1.29 is 13.2 Å². The lowest BCUT2D eigenvalue weighted by Crippen LogP contribution is -2.49. The fourth-order valence-electron chi connectivity index (χ4n) is 3.56. The lowest BCUT2D eigenvalue weighted by atomic mass is 9.78. The topological polar surface area (TPSA) is 78.5 Å². The molecule has 1 aromatic carbocycles. The number of benzene rings is 1. The number of sulfonamides is 1. The summed E-state index contributed by atoms with van der Waals surface area (Å²) in [4.78, 5) is 12.9. The first-order valence-corrected chi connectivity index (χ1v) is 11.1. The molecule has 0 unspecified atom stereocenters. The number of hydrogen-bond donors (Lipinski definition) is 2. The van der Waals surface area contributed by atoms with Gasteiger partial charge in [-0.2, -0.15) is 0 Å². The summed E-state index contributed by atoms with van der Waals surface area (Å²) in [6.45, 7) is 8.22. The number of aryl methyl sites for hydroxylation is 1. The van der Waals surface area contributed by atoms with Crippen LogP contribution in [0.3, 0.4) is 0 Å². The van der Waals surface area contributed by atoms with Gasteiger partial charge in [-0.1, -0.05) is 32.8 Å². The summed E-state index contributed by atoms with van der Waals surface area (Å²) >= 11 is 0. The molecule has 152 valence electrons. The Balaban J connectivity index is 2.10. The molecule has 0 aliphatic heterocycles. The number of rotatable bonds is 6. The van der Waals surface area contributed by atoms with Crippen LogP contribution in [0.5, 0.6) is 0 Å². The van der Waals surface area contributed by atoms with E-state index in [1.165, 1.54) is 37.3 Å². The van der Waals surface area contributed by atoms with Crippen molar-refractivity contribution in [3.05, 3.63) is 23.8 Å². The molecule has 1 aliphatic carbocycles. The Bertz CT molecular complexity index is 777. The van der Waals surface area contributed by atoms with E-state index in [0.29, 0.717) is 23.6 Å². The zero-order valence-corrected chi connectivity index (χ0v) is 18.1. The van der Waals surface area contributed by atoms with Crippen LogP contribution < -0.4 is 10.6 Å². The van der Waals surface area contributed by atoms with Gasteiger partial charge in [0, 0.05) is 25.8 Å². The molecule has 1 saturated carbocycles. The maximum Gasteiger partial charge on any atom is 0.242 e. The van der Waals surface area contributed by atoms with Gasteiger partial charge >= 0.3 is 0 Å². The van der Waals surface area contributed by atoms with Crippen molar-refractivity contribution in [2.45, 2.75) is 63.9 Å². The van der Waals surface area contributed by atoms with Crippen molar-refractivity contribution in [1.82, 2.24) is 9.62 Å². The van der Waals surface area contributed by atoms with Crippen LogP contribution in [0, 0.1) is 18.8 Å². The summed E-state index contributed by atoms with van der Waals surface area (Å²) in [7, 11) is -0.558. The van der Waals surface area contributed by atoms with Crippen LogP contribution in [-0.2, 0) is 14.8 Å². The standard InChI is InChI=1S/C20H33N3O3S/c1-13-8-7-9-18(15(13)3)21-16(4)20(24)22-19-12-17(11-10-14(19)2)27(25,26)23(5)6/h10-13,15-16,18,21H,7-9H2,1-6H3,(H,22,24)/t13-,15+,16-,18+/m0/s1. The van der Waals surface area contributed by atoms with Crippen LogP contribution in [0.25, 0.3) is 0 Å². The number of nitrogens with one attached hydrogen (secondary N) is 2. The molecule has 1 aliphatic rings. The Hall–Kier alpha value is -1.44. The second-order valence-electron chi connectivity index (χ2n) is 8.02. The first-order chi connectivity index (χ1) is 12.5. The Kier molecular flexibility index (Phi) is 7.05. The van der Waals surface area contributed by atoms with Gasteiger partial charge in [-0.05, 0) is 49.8 Å². The van der Waals surface area contributed by atoms with Crippen LogP contribution in [0.2, 0.25) is 0 Å². The van der Waals surface area contributed by atoms with Crippen molar-refractivity contribution in [3.8, 4) is 0 Å². The average Bonchev–Trinajstić information content (AvgIpc) is 2.60. The van der Waals surface area contributed by atoms with Gasteiger partial charge < -0.3 is 10.6 Å². The van der Waals surface area contributed by atoms with Gasteiger partial charge in [0.15, 0.2) is 0 Å². The van der Waals surface area contributed by atoms with Crippen molar-refractivity contribution >= 4 is 21.6 Å². The minimum Gasteiger partial charge on any atom is -0.324 e. The predicted octanol–water partition coefficient (Wildman–Crippen LogP) is 2.99. The number of nitrogens with zero attached hydrogens (tertiary/aromatic N) is 1. The first kappa shape index (κ1) is 21.9. The molecule has 6 nitrogen and oxygen atoms in total. The molecule has 0 heterocycles. The normalized spacial score (nSPS) is 24.6. The quantitative estimate of drug-likeness (QED) is 0.776. The molecule has 0 spiro atoms. The third-order valence-electron chi connectivity index (χ3n) is 5.81. The summed E-state index contributed by atoms with van der Waals surface area (Å²) in [6, 6.07) is 4.79. The smallest absolute Gasteiger partial charge is 0.242 e. The third-order valence-corrected chi connectivity index (χ3v) is 7.62. The predicted molar refractivity (Wildman–Crippen MR) is 109 cm³/mol. The van der Waals surface area contributed by atoms with E-state index in [9.17, 15) is 13.2 Å². The summed E-state index contributed by atoms with van der Waals surface area (Å²) in [5, 5.41) is 6.36. The van der Waals surface area contributed by atoms with Gasteiger partial charge in [-0.15, -0.1) is 0 Å². The van der Waals surface area contributed by atoms with E-state index >= 15 is 0 Å². The first-order valence-electron chi connectivity index (χ1n) is 9.64. The molecular formula is C20H33N3O3S. The summed E-state index contributed by atoms with van der Waals surface area (Å²) in [5.41, 5.74) is 1.36. The highest BCUT2D eigenvalue weighted by Gasteiger charge is 2.29. The van der Waals surface area contributed by atoms with E-state index in [-0.39, 0.29) is 16.8 Å². The maximum atomic E-state index is 12.7. The largest absolute Gasteiger partial charge is 0.324 e. The second kappa shape index (κ2) is 8.71. The Labute approximate surface area is 163 Å². The van der Waals surface area contributed by atoms with Crippen LogP contribution in [-0.4, -0.2) is 44.8 Å². The van der Waals surface area contributed by atoms with E-state index < -0.39 is 10.0 Å². The highest BCUT2D eigenvalue weighted by Crippen LogP contribution is 2.30. The average molecular weight is 396 g/mol. The molecule has 1 fully saturated rings. The van der Waals surface area contributed by atoms with Crippen molar-refractivity contribution in [2.75, 3.05) is 19.4 Å². The Morgan fingerprint density at radius 1 is 1.22 bits per heavy atom. The molecule has 2 rings (SSSR count). The van der Waals surface area contributed by atoms with Crippen molar-refractivity contribution in [1.29, 1.82) is 0 Å². The third kappa shape index (κ3) is 5.09. The molecule has 0 bridgehead atoms. The number of carbonyl (C=O) groups is 1. The van der Waals surface area contributed by atoms with Crippen LogP contribution in [0.15, 0.2) is 23.1 Å². The van der Waals surface area contributed by atoms with Gasteiger partial charge in [0.2, 0.25) is 15.9 Å². The highest BCUT2D eigenvalue weighted by atomic mass is 32.2. The number of anilines is 1. The monoisotopic (exact) mass is 395 g/mol. The summed E-state index contributed by atoms with van der Waals surface area (Å²) < 4.78 is 25.9. The number of amides is 1. The molecule has 27 heavy (non-hydrogen) atoms. The highest BCUT2D eigenvalue weighted by molar-refractivity contribution is 7.89. The van der Waals surface area contributed by atoms with Crippen molar-refractivity contribution in [2.24, 2.45) is 11.8 Å². The molecule has 0 aromatic heterocycles. The molecular weight excluding hydrogens is 362 g/mol. The van der Waals surface area contributed by atoms with E-state index in [4.69, 9.17) is 0 Å². The van der Waals surface area contributed by atoms with Gasteiger partial charge in [-0.25, -0.2) is 12.7 Å². The molecule has 1 aromatic rings. The van der Waals surface area contributed by atoms with Gasteiger partial charge in [0.1, 0.15) is 0 Å². The lowest BCUT2D eigenvalue weighted by molar-refractivity contribution is -0.118. The molecule has 2 N–H and O–H groups in total. The van der Waals surface area contributed by atoms with Gasteiger partial charge in [0.05, 0.1) is 10.9 Å². The second-order valence-corrected chi connectivity index (χ2v) is 10.2. The molecule has 1 amide bonds. The minimum atomic E-state index is -3.54. The van der Waals surface area contributed by atoms with E-state index in [0.717, 1.165) is 12.0 Å². The fourth-order valence-corrected chi connectivity index (χ4v) is 4.49. The maximum absolute atomic E-state index is 12.7. The Morgan fingerprint density at radius 2 is 1.89 bits per heavy atom. The van der Waals surface area contributed by atoms with E-state index in [1.807, 2.05) is 13.8 Å². The summed E-state index contributed by atoms with van der Waals surface area (Å²) in [5.74, 6) is 1.04. The Morgan fingerprint density at radius 3 is 2.52 bits per heavy atom. The molecule has 7 heteroatoms. The van der Waals surface area contributed by atoms with E-state index in [1.54, 1.807) is 12.1 Å². The van der Waals surface area contributed by atoms with Gasteiger partial charge in [-0.3, -0.25) is 4.79 Å². The van der Waals surface area contributed by atoms with E-state index in [2.05, 4.69) is 24.5 Å². The zero-order valence-electron chi connectivity index (χ0n) is 17.2. The van der Waals surface area contributed by atoms with Crippen LogP contribution >= 0.6 is 0 Å². The van der Waals surface area contributed by atoms with Crippen molar-refractivity contribution in [3.63, 3.8) is 0 Å². The number of carbonyl (C=O) groups excluding carboxylic acids is 1. The SMILES string of the molecule is Cc1ccc(S(=O)(=O)N(C)C)cc1NC(=O)[C@H](C)N[C@@H]1CCC[C@H](C)[C@H]1C. The van der Waals surface area contributed by atoms with Gasteiger partial charge in [0.25, 0.3) is 0 Å². The zero-order chi connectivity index (χ0) is 20.4. The molecule has 0 radical (unpaired) electrons. The summed E-state index contributed by atoms with van der Waals surface area (Å²) in [6.07, 6.45) is 3.51.